The van der Waals surface area contributed by atoms with Crippen LogP contribution in [0.4, 0.5) is 14.5 Å². The second-order valence-corrected chi connectivity index (χ2v) is 17.7. The number of halogens is 2. The number of rotatable bonds is 21. The molecule has 2 aromatic rings. The molecule has 0 saturated heterocycles. The molecule has 1 aliphatic heterocycles. The number of methoxy groups -OCH3 is 1. The molecule has 60 heavy (non-hydrogen) atoms. The van der Waals surface area contributed by atoms with Gasteiger partial charge in [-0.1, -0.05) is 150 Å². The number of nitrogens with zero attached hydrogens (tertiary/aromatic N) is 2. The van der Waals surface area contributed by atoms with Crippen molar-refractivity contribution < 1.29 is 18.3 Å². The molecule has 0 aliphatic carbocycles. The molecule has 0 spiro atoms. The minimum atomic E-state index is -0.534. The molecule has 5 atom stereocenters. The number of ketones is 1. The summed E-state index contributed by atoms with van der Waals surface area (Å²) in [5.41, 5.74) is 1.22. The van der Waals surface area contributed by atoms with Crippen LogP contribution in [-0.2, 0) is 9.53 Å². The average molecular weight is 849 g/mol. The molecule has 0 saturated carbocycles. The largest absolute Gasteiger partial charge is 0.483 e. The third-order valence-electron chi connectivity index (χ3n) is 11.9. The molecule has 9 heteroatoms. The number of nitriles is 1. The summed E-state index contributed by atoms with van der Waals surface area (Å²) in [5.74, 6) is 2.34. The quantitative estimate of drug-likeness (QED) is 0.0739. The van der Waals surface area contributed by atoms with Crippen molar-refractivity contribution in [1.29, 1.82) is 10.7 Å². The molecule has 0 aromatic heterocycles. The Morgan fingerprint density at radius 3 is 2.10 bits per heavy atom. The first-order chi connectivity index (χ1) is 28.5. The highest BCUT2D eigenvalue weighted by Crippen LogP contribution is 2.30. The molecular weight excluding hydrogens is 771 g/mol. The maximum atomic E-state index is 16.8. The van der Waals surface area contributed by atoms with Crippen molar-refractivity contribution >= 4 is 39.5 Å². The zero-order chi connectivity index (χ0) is 45.5. The first kappa shape index (κ1) is 54.1. The number of allylic oxidation sites excluding steroid dienone is 2. The Kier molecular flexibility index (Phi) is 25.8. The van der Waals surface area contributed by atoms with Gasteiger partial charge >= 0.3 is 0 Å². The van der Waals surface area contributed by atoms with Crippen LogP contribution in [0.25, 0.3) is 11.3 Å². The van der Waals surface area contributed by atoms with Crippen molar-refractivity contribution in [2.75, 3.05) is 19.5 Å². The second-order valence-electron chi connectivity index (χ2n) is 16.6. The van der Waals surface area contributed by atoms with E-state index in [-0.39, 0.29) is 43.5 Å². The highest BCUT2D eigenvalue weighted by molar-refractivity contribution is 8.15. The van der Waals surface area contributed by atoms with E-state index in [9.17, 15) is 14.4 Å². The molecule has 4 unspecified atom stereocenters. The van der Waals surface area contributed by atoms with E-state index in [0.717, 1.165) is 55.0 Å². The molecular formula is C51H78F2N4O2S. The fourth-order valence-electron chi connectivity index (χ4n) is 7.33. The van der Waals surface area contributed by atoms with Crippen molar-refractivity contribution in [1.82, 2.24) is 4.90 Å². The van der Waals surface area contributed by atoms with Crippen LogP contribution in [0.15, 0.2) is 53.8 Å². The molecule has 0 radical (unpaired) electrons. The number of unbranched alkanes of at least 4 members (excludes halogenated alkanes) is 3. The standard InChI is InChI=1S/C34H44F2N4OS.C13H28.C4H6O/c1-9-12-29(41-8)39-32-23(22(6)40(7)28(21(5)11-3)18-13-20(4)10-2)14-15-25(31(32)36)24-16-17-27(35)33-30(24)26(19-37)34(38)42-33;1-5-7-8-9-10-13(4)11-12(3)6-2;1-3-4(2)5/h12,14-17,20-21,28,38-39H,9-11,13,18H2,1-8H3;12-13H,5-11H2,1-4H3;3H,1H2,2H3/b23-22+,25-24-,29-12-,38-34?;;/t20?,21-,28?;;/m1../s1. The van der Waals surface area contributed by atoms with Crippen LogP contribution in [-0.4, -0.2) is 35.9 Å². The lowest BCUT2D eigenvalue weighted by Gasteiger charge is -2.36. The summed E-state index contributed by atoms with van der Waals surface area (Å²) in [6.07, 6.45) is 18.1. The maximum absolute atomic E-state index is 16.8. The molecule has 3 rings (SSSR count). The maximum Gasteiger partial charge on any atom is 0.186 e. The van der Waals surface area contributed by atoms with Crippen molar-refractivity contribution in [2.45, 2.75) is 164 Å². The van der Waals surface area contributed by atoms with E-state index >= 15 is 4.39 Å². The van der Waals surface area contributed by atoms with Gasteiger partial charge in [0.15, 0.2) is 17.5 Å². The molecule has 1 heterocycles. The molecule has 0 fully saturated rings. The highest BCUT2D eigenvalue weighted by atomic mass is 32.2. The summed E-state index contributed by atoms with van der Waals surface area (Å²) in [6, 6.07) is 8.63. The molecule has 2 aromatic carbocycles. The van der Waals surface area contributed by atoms with Crippen LogP contribution >= 0.6 is 11.8 Å². The highest BCUT2D eigenvalue weighted by Gasteiger charge is 2.25. The van der Waals surface area contributed by atoms with Gasteiger partial charge in [0.05, 0.1) is 23.3 Å². The second kappa shape index (κ2) is 28.6. The van der Waals surface area contributed by atoms with Gasteiger partial charge < -0.3 is 15.0 Å². The molecule has 6 nitrogen and oxygen atoms in total. The summed E-state index contributed by atoms with van der Waals surface area (Å²) in [4.78, 5) is 12.2. The molecule has 334 valence electrons. The van der Waals surface area contributed by atoms with Crippen LogP contribution in [0.2, 0.25) is 0 Å². The topological polar surface area (TPSA) is 89.2 Å². The lowest BCUT2D eigenvalue weighted by molar-refractivity contribution is -0.112. The number of hydrogen-bond acceptors (Lipinski definition) is 7. The van der Waals surface area contributed by atoms with E-state index in [4.69, 9.17) is 10.1 Å². The lowest BCUT2D eigenvalue weighted by atomic mass is 9.89. The van der Waals surface area contributed by atoms with Gasteiger partial charge in [-0.2, -0.15) is 5.26 Å². The molecule has 1 aliphatic rings. The number of hydrogen-bond donors (Lipinski definition) is 2. The van der Waals surface area contributed by atoms with E-state index in [1.165, 1.54) is 77.2 Å². The van der Waals surface area contributed by atoms with Crippen molar-refractivity contribution in [3.63, 3.8) is 0 Å². The van der Waals surface area contributed by atoms with Crippen LogP contribution in [0.1, 0.15) is 153 Å². The Balaban J connectivity index is 0.000000832. The smallest absolute Gasteiger partial charge is 0.186 e. The van der Waals surface area contributed by atoms with E-state index in [0.29, 0.717) is 34.6 Å². The number of fused-ring (bicyclic) bond motifs is 1. The van der Waals surface area contributed by atoms with Crippen LogP contribution in [0, 0.1) is 62.5 Å². The fourth-order valence-corrected chi connectivity index (χ4v) is 8.26. The van der Waals surface area contributed by atoms with Gasteiger partial charge in [-0.05, 0) is 86.6 Å². The predicted molar refractivity (Wildman–Crippen MR) is 253 cm³/mol. The Morgan fingerprint density at radius 2 is 1.57 bits per heavy atom. The van der Waals surface area contributed by atoms with E-state index < -0.39 is 11.6 Å². The normalized spacial score (nSPS) is 15.7. The van der Waals surface area contributed by atoms with Crippen molar-refractivity contribution in [3.8, 4) is 6.07 Å². The van der Waals surface area contributed by atoms with Gasteiger partial charge in [-0.3, -0.25) is 10.2 Å². The van der Waals surface area contributed by atoms with E-state index in [1.807, 2.05) is 32.1 Å². The number of carbonyl (C=O) groups is 1. The summed E-state index contributed by atoms with van der Waals surface area (Å²) in [6.45, 7) is 27.0. The van der Waals surface area contributed by atoms with Gasteiger partial charge in [0.2, 0.25) is 0 Å². The van der Waals surface area contributed by atoms with E-state index in [2.05, 4.69) is 79.2 Å². The van der Waals surface area contributed by atoms with Crippen LogP contribution < -0.4 is 15.8 Å². The minimum absolute atomic E-state index is 0.0185. The first-order valence-electron chi connectivity index (χ1n) is 22.4. The summed E-state index contributed by atoms with van der Waals surface area (Å²) >= 11 is 0.889. The minimum Gasteiger partial charge on any atom is -0.483 e. The van der Waals surface area contributed by atoms with Crippen molar-refractivity contribution in [2.24, 2.45) is 23.7 Å². The van der Waals surface area contributed by atoms with Gasteiger partial charge in [0.25, 0.3) is 0 Å². The monoisotopic (exact) mass is 849 g/mol. The van der Waals surface area contributed by atoms with Gasteiger partial charge in [-0.25, -0.2) is 8.78 Å². The predicted octanol–water partition coefficient (Wildman–Crippen LogP) is 13.4. The number of ether oxygens (including phenoxy) is 1. The molecule has 2 N–H and O–H groups in total. The van der Waals surface area contributed by atoms with Gasteiger partial charge in [0, 0.05) is 34.4 Å². The molecule has 0 amide bonds. The number of nitrogens with one attached hydrogen (secondary N) is 2. The number of thioether (sulfide) groups is 1. The molecule has 0 bridgehead atoms. The third-order valence-corrected chi connectivity index (χ3v) is 12.9. The summed E-state index contributed by atoms with van der Waals surface area (Å²) in [5, 5.41) is 22.7. The SMILES string of the molecule is C=CC(C)=O.CC/C=C(/Nc1c(F)/c(=c2/ccc(F)c3c2=C(C#N)C(=N)S3)cc/c1=C(/C)N(C)C(CCC(C)CC)[C@H](C)CC)OC.CCCCCCC(C)CC(C)CC. The van der Waals surface area contributed by atoms with Crippen LogP contribution in [0.3, 0.4) is 0 Å². The number of benzene rings is 2. The average Bonchev–Trinajstić information content (AvgIpc) is 3.59. The summed E-state index contributed by atoms with van der Waals surface area (Å²) < 4.78 is 37.1. The van der Waals surface area contributed by atoms with Crippen molar-refractivity contribution in [3.05, 3.63) is 81.4 Å². The number of carbonyl (C=O) groups excluding carboxylic acids is 1. The lowest BCUT2D eigenvalue weighted by Crippen LogP contribution is -2.38. The zero-order valence-electron chi connectivity index (χ0n) is 39.4. The van der Waals surface area contributed by atoms with E-state index in [1.54, 1.807) is 6.07 Å². The van der Waals surface area contributed by atoms with Gasteiger partial charge in [-0.15, -0.1) is 0 Å². The fraction of sp³-hybridized carbons (Fsp3) is 0.588. The van der Waals surface area contributed by atoms with Crippen LogP contribution in [0.5, 0.6) is 0 Å². The van der Waals surface area contributed by atoms with Gasteiger partial charge in [0.1, 0.15) is 16.9 Å². The Bertz CT molecular complexity index is 1990. The number of anilines is 1. The zero-order valence-corrected chi connectivity index (χ0v) is 40.2. The third kappa shape index (κ3) is 16.5. The Labute approximate surface area is 366 Å². The Hall–Kier alpha value is -3.90. The first-order valence-corrected chi connectivity index (χ1v) is 23.2. The Morgan fingerprint density at radius 1 is 0.933 bits per heavy atom. The summed E-state index contributed by atoms with van der Waals surface area (Å²) in [7, 11) is 3.62.